The van der Waals surface area contributed by atoms with Gasteiger partial charge in [0.2, 0.25) is 0 Å². The molecule has 0 bridgehead atoms. The molecular weight excluding hydrogens is 247 g/mol. The molecule has 1 saturated carbocycles. The van der Waals surface area contributed by atoms with E-state index in [4.69, 9.17) is 5.11 Å². The quantitative estimate of drug-likeness (QED) is 0.905. The van der Waals surface area contributed by atoms with Crippen molar-refractivity contribution in [2.24, 2.45) is 0 Å². The normalized spacial score (nSPS) is 24.7. The Kier molecular flexibility index (Phi) is 2.57. The van der Waals surface area contributed by atoms with E-state index < -0.39 is 29.5 Å². The molecule has 18 heavy (non-hydrogen) atoms. The average Bonchev–Trinajstić information content (AvgIpc) is 2.82. The Morgan fingerprint density at radius 1 is 1.39 bits per heavy atom. The van der Waals surface area contributed by atoms with E-state index in [0.717, 1.165) is 6.07 Å². The number of benzene rings is 1. The van der Waals surface area contributed by atoms with Crippen molar-refractivity contribution in [3.63, 3.8) is 0 Å². The summed E-state index contributed by atoms with van der Waals surface area (Å²) in [5.74, 6) is -5.64. The lowest BCUT2D eigenvalue weighted by atomic mass is 9.95. The van der Waals surface area contributed by atoms with Gasteiger partial charge < -0.3 is 10.0 Å². The monoisotopic (exact) mass is 259 g/mol. The largest absolute Gasteiger partial charge is 0.480 e. The molecule has 0 heterocycles. The Hall–Kier alpha value is -1.72. The van der Waals surface area contributed by atoms with E-state index >= 15 is 0 Å². The van der Waals surface area contributed by atoms with Gasteiger partial charge in [0, 0.05) is 20.5 Å². The first-order valence-electron chi connectivity index (χ1n) is 5.31. The zero-order chi connectivity index (χ0) is 13.7. The highest BCUT2D eigenvalue weighted by molar-refractivity contribution is 5.88. The molecule has 1 aliphatic carbocycles. The van der Waals surface area contributed by atoms with E-state index in [1.54, 1.807) is 14.1 Å². The van der Waals surface area contributed by atoms with Crippen LogP contribution in [0.1, 0.15) is 12.0 Å². The molecule has 1 aromatic rings. The molecule has 0 spiro atoms. The summed E-state index contributed by atoms with van der Waals surface area (Å²) in [5.41, 5.74) is -2.23. The van der Waals surface area contributed by atoms with Crippen LogP contribution in [0.3, 0.4) is 0 Å². The molecule has 0 radical (unpaired) electrons. The van der Waals surface area contributed by atoms with E-state index in [9.17, 15) is 18.0 Å². The van der Waals surface area contributed by atoms with E-state index in [0.29, 0.717) is 0 Å². The fourth-order valence-corrected chi connectivity index (χ4v) is 2.09. The zero-order valence-corrected chi connectivity index (χ0v) is 9.88. The number of anilines is 1. The first-order chi connectivity index (χ1) is 8.22. The van der Waals surface area contributed by atoms with E-state index in [2.05, 4.69) is 0 Å². The van der Waals surface area contributed by atoms with Gasteiger partial charge in [-0.15, -0.1) is 0 Å². The van der Waals surface area contributed by atoms with E-state index in [1.165, 1.54) is 17.0 Å². The SMILES string of the molecule is CN(C)c1ccc(C2(C(=O)O)CC2(F)F)cc1F. The fraction of sp³-hybridized carbons (Fsp3) is 0.417. The molecule has 0 saturated heterocycles. The summed E-state index contributed by atoms with van der Waals surface area (Å²) in [6.07, 6.45) is -0.782. The molecular formula is C12H12F3NO2. The minimum Gasteiger partial charge on any atom is -0.480 e. The summed E-state index contributed by atoms with van der Waals surface area (Å²) < 4.78 is 40.2. The molecule has 98 valence electrons. The molecule has 0 amide bonds. The van der Waals surface area contributed by atoms with Crippen molar-refractivity contribution in [2.45, 2.75) is 17.8 Å². The Morgan fingerprint density at radius 2 is 1.94 bits per heavy atom. The Labute approximate surface area is 102 Å². The molecule has 1 atom stereocenters. The number of rotatable bonds is 3. The van der Waals surface area contributed by atoms with Crippen LogP contribution >= 0.6 is 0 Å². The number of nitrogens with zero attached hydrogens (tertiary/aromatic N) is 1. The third-order valence-corrected chi connectivity index (χ3v) is 3.27. The standard InChI is InChI=1S/C12H12F3NO2/c1-16(2)9-4-3-7(5-8(9)13)11(10(17)18)6-12(11,14)15/h3-5H,6H2,1-2H3,(H,17,18). The molecule has 1 unspecified atom stereocenters. The van der Waals surface area contributed by atoms with Crippen LogP contribution in [-0.4, -0.2) is 31.1 Å². The van der Waals surface area contributed by atoms with Gasteiger partial charge in [-0.2, -0.15) is 0 Å². The van der Waals surface area contributed by atoms with Crippen molar-refractivity contribution in [3.05, 3.63) is 29.6 Å². The fourth-order valence-electron chi connectivity index (χ4n) is 2.09. The van der Waals surface area contributed by atoms with Crippen molar-refractivity contribution >= 4 is 11.7 Å². The number of carboxylic acids is 1. The number of hydrogen-bond acceptors (Lipinski definition) is 2. The highest BCUT2D eigenvalue weighted by Crippen LogP contribution is 2.61. The van der Waals surface area contributed by atoms with Gasteiger partial charge in [0.15, 0.2) is 5.41 Å². The number of alkyl halides is 2. The van der Waals surface area contributed by atoms with Crippen LogP contribution in [0, 0.1) is 5.82 Å². The van der Waals surface area contributed by atoms with E-state index in [1.807, 2.05) is 0 Å². The highest BCUT2D eigenvalue weighted by Gasteiger charge is 2.77. The minimum absolute atomic E-state index is 0.192. The molecule has 1 aliphatic rings. The second-order valence-corrected chi connectivity index (χ2v) is 4.65. The third-order valence-electron chi connectivity index (χ3n) is 3.27. The minimum atomic E-state index is -3.31. The van der Waals surface area contributed by atoms with Crippen molar-refractivity contribution in [2.75, 3.05) is 19.0 Å². The van der Waals surface area contributed by atoms with Crippen LogP contribution in [-0.2, 0) is 10.2 Å². The smallest absolute Gasteiger partial charge is 0.320 e. The second-order valence-electron chi connectivity index (χ2n) is 4.65. The van der Waals surface area contributed by atoms with Gasteiger partial charge in [0.1, 0.15) is 5.82 Å². The lowest BCUT2D eigenvalue weighted by molar-refractivity contribution is -0.142. The molecule has 6 heteroatoms. The summed E-state index contributed by atoms with van der Waals surface area (Å²) in [4.78, 5) is 12.5. The van der Waals surface area contributed by atoms with Crippen molar-refractivity contribution < 1.29 is 23.1 Å². The molecule has 0 aliphatic heterocycles. The van der Waals surface area contributed by atoms with Gasteiger partial charge in [-0.25, -0.2) is 13.2 Å². The maximum Gasteiger partial charge on any atom is 0.320 e. The Balaban J connectivity index is 2.47. The number of hydrogen-bond donors (Lipinski definition) is 1. The summed E-state index contributed by atoms with van der Waals surface area (Å²) in [6, 6.07) is 3.43. The molecule has 3 nitrogen and oxygen atoms in total. The molecule has 1 fully saturated rings. The Morgan fingerprint density at radius 3 is 2.28 bits per heavy atom. The maximum absolute atomic E-state index is 13.7. The average molecular weight is 259 g/mol. The lowest BCUT2D eigenvalue weighted by Gasteiger charge is -2.17. The topological polar surface area (TPSA) is 40.5 Å². The van der Waals surface area contributed by atoms with Crippen molar-refractivity contribution in [3.8, 4) is 0 Å². The van der Waals surface area contributed by atoms with Crippen LogP contribution in [0.15, 0.2) is 18.2 Å². The summed E-state index contributed by atoms with van der Waals surface area (Å²) in [5, 5.41) is 8.95. The molecule has 0 aromatic heterocycles. The van der Waals surface area contributed by atoms with E-state index in [-0.39, 0.29) is 11.3 Å². The number of carbonyl (C=O) groups is 1. The van der Waals surface area contributed by atoms with Crippen LogP contribution < -0.4 is 4.90 Å². The number of halogens is 3. The molecule has 1 N–H and O–H groups in total. The van der Waals surface area contributed by atoms with Gasteiger partial charge in [0.25, 0.3) is 5.92 Å². The maximum atomic E-state index is 13.7. The Bertz CT molecular complexity index is 516. The van der Waals surface area contributed by atoms with Gasteiger partial charge in [-0.3, -0.25) is 4.79 Å². The van der Waals surface area contributed by atoms with Gasteiger partial charge in [-0.1, -0.05) is 6.07 Å². The van der Waals surface area contributed by atoms with Crippen molar-refractivity contribution in [1.29, 1.82) is 0 Å². The molecule has 2 rings (SSSR count). The number of carboxylic acid groups (broad SMARTS) is 1. The summed E-state index contributed by atoms with van der Waals surface area (Å²) in [7, 11) is 3.22. The third kappa shape index (κ3) is 1.55. The molecule has 1 aromatic carbocycles. The van der Waals surface area contributed by atoms with Crippen LogP contribution in [0.2, 0.25) is 0 Å². The highest BCUT2D eigenvalue weighted by atomic mass is 19.3. The predicted octanol–water partition coefficient (Wildman–Crippen LogP) is 2.25. The van der Waals surface area contributed by atoms with Crippen LogP contribution in [0.25, 0.3) is 0 Å². The van der Waals surface area contributed by atoms with Gasteiger partial charge in [-0.05, 0) is 17.7 Å². The zero-order valence-electron chi connectivity index (χ0n) is 9.88. The lowest BCUT2D eigenvalue weighted by Crippen LogP contribution is -2.27. The van der Waals surface area contributed by atoms with Gasteiger partial charge >= 0.3 is 5.97 Å². The first kappa shape index (κ1) is 12.7. The van der Waals surface area contributed by atoms with Gasteiger partial charge in [0.05, 0.1) is 5.69 Å². The predicted molar refractivity (Wildman–Crippen MR) is 59.6 cm³/mol. The van der Waals surface area contributed by atoms with Crippen molar-refractivity contribution in [1.82, 2.24) is 0 Å². The summed E-state index contributed by atoms with van der Waals surface area (Å²) in [6.45, 7) is 0. The van der Waals surface area contributed by atoms with Crippen LogP contribution in [0.4, 0.5) is 18.9 Å². The first-order valence-corrected chi connectivity index (χ1v) is 5.31. The summed E-state index contributed by atoms with van der Waals surface area (Å²) >= 11 is 0. The van der Waals surface area contributed by atoms with Crippen LogP contribution in [0.5, 0.6) is 0 Å². The number of aliphatic carboxylic acids is 1. The second kappa shape index (κ2) is 3.63.